The van der Waals surface area contributed by atoms with Crippen molar-refractivity contribution in [3.8, 4) is 0 Å². The van der Waals surface area contributed by atoms with Crippen LogP contribution < -0.4 is 0 Å². The second kappa shape index (κ2) is 6.56. The van der Waals surface area contributed by atoms with Crippen LogP contribution in [-0.2, 0) is 16.6 Å². The largest absolute Gasteiger partial charge is 0.342 e. The Balaban J connectivity index is 1.63. The van der Waals surface area contributed by atoms with E-state index in [0.717, 1.165) is 37.9 Å². The molecule has 3 heterocycles. The van der Waals surface area contributed by atoms with Gasteiger partial charge in [0.15, 0.2) is 0 Å². The Bertz CT molecular complexity index is 622. The number of hydrogen-bond acceptors (Lipinski definition) is 3. The fourth-order valence-corrected chi connectivity index (χ4v) is 3.69. The van der Waals surface area contributed by atoms with Gasteiger partial charge in [0.25, 0.3) is 0 Å². The standard InChI is InChI=1S/C17H24N4O2/c1-19-11-13(10-18-19)6-7-17(23)21-9-8-15-14(12-21)4-3-5-16(22)20(15)2/h6-7,10-11,14-15H,3-5,8-9,12H2,1-2H3/b7-6+/t14-,15+/m0/s1. The first-order valence-electron chi connectivity index (χ1n) is 8.26. The lowest BCUT2D eigenvalue weighted by molar-refractivity contribution is -0.134. The number of carbonyl (C=O) groups excluding carboxylic acids is 2. The van der Waals surface area contributed by atoms with Gasteiger partial charge in [-0.05, 0) is 31.3 Å². The van der Waals surface area contributed by atoms with Crippen molar-refractivity contribution in [3.63, 3.8) is 0 Å². The molecule has 0 radical (unpaired) electrons. The number of hydrogen-bond donors (Lipinski definition) is 0. The number of likely N-dealkylation sites (tertiary alicyclic amines) is 2. The van der Waals surface area contributed by atoms with Crippen LogP contribution in [0, 0.1) is 5.92 Å². The average molecular weight is 316 g/mol. The number of aryl methyl sites for hydroxylation is 1. The Morgan fingerprint density at radius 3 is 2.91 bits per heavy atom. The highest BCUT2D eigenvalue weighted by atomic mass is 16.2. The predicted octanol–water partition coefficient (Wildman–Crippen LogP) is 1.29. The van der Waals surface area contributed by atoms with Crippen LogP contribution in [0.1, 0.15) is 31.2 Å². The normalized spacial score (nSPS) is 25.6. The molecule has 0 unspecified atom stereocenters. The second-order valence-electron chi connectivity index (χ2n) is 6.58. The molecule has 6 heteroatoms. The number of amides is 2. The number of aromatic nitrogens is 2. The summed E-state index contributed by atoms with van der Waals surface area (Å²) in [6, 6.07) is 0.288. The highest BCUT2D eigenvalue weighted by Crippen LogP contribution is 2.29. The third-order valence-electron chi connectivity index (χ3n) is 5.01. The van der Waals surface area contributed by atoms with Crippen LogP contribution in [-0.4, -0.2) is 57.6 Å². The zero-order chi connectivity index (χ0) is 16.4. The van der Waals surface area contributed by atoms with Gasteiger partial charge in [0.2, 0.25) is 11.8 Å². The molecule has 2 atom stereocenters. The number of nitrogens with zero attached hydrogens (tertiary/aromatic N) is 4. The van der Waals surface area contributed by atoms with Crippen molar-refractivity contribution in [2.45, 2.75) is 31.7 Å². The van der Waals surface area contributed by atoms with Crippen molar-refractivity contribution in [1.29, 1.82) is 0 Å². The Morgan fingerprint density at radius 2 is 2.17 bits per heavy atom. The van der Waals surface area contributed by atoms with E-state index in [1.807, 2.05) is 36.2 Å². The zero-order valence-corrected chi connectivity index (χ0v) is 13.8. The van der Waals surface area contributed by atoms with E-state index < -0.39 is 0 Å². The maximum atomic E-state index is 12.4. The highest BCUT2D eigenvalue weighted by molar-refractivity contribution is 5.91. The topological polar surface area (TPSA) is 58.4 Å². The smallest absolute Gasteiger partial charge is 0.246 e. The van der Waals surface area contributed by atoms with E-state index in [1.54, 1.807) is 17.0 Å². The molecule has 2 aliphatic heterocycles. The van der Waals surface area contributed by atoms with Gasteiger partial charge in [0.05, 0.1) is 6.20 Å². The molecule has 0 aliphatic carbocycles. The van der Waals surface area contributed by atoms with E-state index in [0.29, 0.717) is 12.3 Å². The molecule has 1 aromatic rings. The van der Waals surface area contributed by atoms with Gasteiger partial charge < -0.3 is 9.80 Å². The van der Waals surface area contributed by atoms with Crippen molar-refractivity contribution in [3.05, 3.63) is 24.0 Å². The first kappa shape index (κ1) is 15.8. The Morgan fingerprint density at radius 1 is 1.35 bits per heavy atom. The van der Waals surface area contributed by atoms with Crippen LogP contribution >= 0.6 is 0 Å². The molecule has 2 aliphatic rings. The van der Waals surface area contributed by atoms with Gasteiger partial charge in [0, 0.05) is 57.5 Å². The van der Waals surface area contributed by atoms with Gasteiger partial charge in [0.1, 0.15) is 0 Å². The summed E-state index contributed by atoms with van der Waals surface area (Å²) in [5, 5.41) is 4.09. The molecule has 0 saturated carbocycles. The summed E-state index contributed by atoms with van der Waals surface area (Å²) in [6.07, 6.45) is 10.5. The average Bonchev–Trinajstić information content (AvgIpc) is 2.91. The van der Waals surface area contributed by atoms with Gasteiger partial charge in [-0.3, -0.25) is 14.3 Å². The number of carbonyl (C=O) groups is 2. The zero-order valence-electron chi connectivity index (χ0n) is 13.8. The van der Waals surface area contributed by atoms with Gasteiger partial charge in [-0.15, -0.1) is 0 Å². The van der Waals surface area contributed by atoms with Crippen molar-refractivity contribution < 1.29 is 9.59 Å². The third kappa shape index (κ3) is 3.46. The summed E-state index contributed by atoms with van der Waals surface area (Å²) in [5.41, 5.74) is 0.926. The molecule has 0 spiro atoms. The molecule has 6 nitrogen and oxygen atoms in total. The maximum absolute atomic E-state index is 12.4. The van der Waals surface area contributed by atoms with E-state index in [2.05, 4.69) is 5.10 Å². The molecule has 124 valence electrons. The van der Waals surface area contributed by atoms with E-state index in [4.69, 9.17) is 0 Å². The lowest BCUT2D eigenvalue weighted by Gasteiger charge is -2.41. The quantitative estimate of drug-likeness (QED) is 0.773. The lowest BCUT2D eigenvalue weighted by atomic mass is 9.88. The maximum Gasteiger partial charge on any atom is 0.246 e. The van der Waals surface area contributed by atoms with Crippen LogP contribution in [0.15, 0.2) is 18.5 Å². The minimum Gasteiger partial charge on any atom is -0.342 e. The minimum atomic E-state index is 0.0468. The Labute approximate surface area is 136 Å². The first-order valence-corrected chi connectivity index (χ1v) is 8.26. The first-order chi connectivity index (χ1) is 11.0. The summed E-state index contributed by atoms with van der Waals surface area (Å²) in [6.45, 7) is 1.47. The summed E-state index contributed by atoms with van der Waals surface area (Å²) in [4.78, 5) is 28.2. The summed E-state index contributed by atoms with van der Waals surface area (Å²) < 4.78 is 1.72. The molecule has 0 bridgehead atoms. The molecule has 2 amide bonds. The van der Waals surface area contributed by atoms with Crippen LogP contribution in [0.5, 0.6) is 0 Å². The number of rotatable bonds is 2. The van der Waals surface area contributed by atoms with E-state index in [1.165, 1.54) is 0 Å². The number of piperidine rings is 1. The van der Waals surface area contributed by atoms with Crippen molar-refractivity contribution >= 4 is 17.9 Å². The van der Waals surface area contributed by atoms with Gasteiger partial charge in [-0.1, -0.05) is 0 Å². The predicted molar refractivity (Wildman–Crippen MR) is 87.3 cm³/mol. The second-order valence-corrected chi connectivity index (χ2v) is 6.58. The summed E-state index contributed by atoms with van der Waals surface area (Å²) in [7, 11) is 3.76. The molecule has 23 heavy (non-hydrogen) atoms. The van der Waals surface area contributed by atoms with Gasteiger partial charge in [-0.25, -0.2) is 0 Å². The minimum absolute atomic E-state index is 0.0468. The fourth-order valence-electron chi connectivity index (χ4n) is 3.69. The Hall–Kier alpha value is -2.11. The van der Waals surface area contributed by atoms with Crippen LogP contribution in [0.25, 0.3) is 6.08 Å². The molecular formula is C17H24N4O2. The van der Waals surface area contributed by atoms with E-state index in [9.17, 15) is 9.59 Å². The molecule has 0 N–H and O–H groups in total. The van der Waals surface area contributed by atoms with Crippen LogP contribution in [0.3, 0.4) is 0 Å². The highest BCUT2D eigenvalue weighted by Gasteiger charge is 2.36. The third-order valence-corrected chi connectivity index (χ3v) is 5.01. The van der Waals surface area contributed by atoms with E-state index in [-0.39, 0.29) is 17.9 Å². The molecule has 2 saturated heterocycles. The van der Waals surface area contributed by atoms with E-state index >= 15 is 0 Å². The SMILES string of the molecule is CN1C(=O)CCC[C@H]2CN(C(=O)/C=C/c3cnn(C)c3)CC[C@H]21. The van der Waals surface area contributed by atoms with Gasteiger partial charge in [-0.2, -0.15) is 5.10 Å². The molecule has 0 aromatic carbocycles. The lowest BCUT2D eigenvalue weighted by Crippen LogP contribution is -2.51. The monoisotopic (exact) mass is 316 g/mol. The van der Waals surface area contributed by atoms with Crippen molar-refractivity contribution in [2.24, 2.45) is 13.0 Å². The van der Waals surface area contributed by atoms with Crippen LogP contribution in [0.2, 0.25) is 0 Å². The van der Waals surface area contributed by atoms with Gasteiger partial charge >= 0.3 is 0 Å². The van der Waals surface area contributed by atoms with Crippen molar-refractivity contribution in [1.82, 2.24) is 19.6 Å². The number of fused-ring (bicyclic) bond motifs is 1. The van der Waals surface area contributed by atoms with Crippen molar-refractivity contribution in [2.75, 3.05) is 20.1 Å². The van der Waals surface area contributed by atoms with Crippen LogP contribution in [0.4, 0.5) is 0 Å². The molecular weight excluding hydrogens is 292 g/mol. The fraction of sp³-hybridized carbons (Fsp3) is 0.588. The Kier molecular flexibility index (Phi) is 4.50. The molecule has 2 fully saturated rings. The summed E-state index contributed by atoms with van der Waals surface area (Å²) >= 11 is 0. The molecule has 1 aromatic heterocycles. The summed E-state index contributed by atoms with van der Waals surface area (Å²) in [5.74, 6) is 0.690. The molecule has 3 rings (SSSR count).